The highest BCUT2D eigenvalue weighted by molar-refractivity contribution is 7.20. The molecule has 150 valence electrons. The second-order valence-electron chi connectivity index (χ2n) is 6.20. The Morgan fingerprint density at radius 2 is 2.07 bits per heavy atom. The smallest absolute Gasteiger partial charge is 0.348 e. The number of ether oxygens (including phenoxy) is 1. The summed E-state index contributed by atoms with van der Waals surface area (Å²) in [4.78, 5) is 25.7. The standard InChI is InChI=1S/C20H13ClN4O3S2/c1-11-15-8-16(30-19(15)25(24-11)14-4-2-13(21)3-5-14)20(27)28-10-17(26)23-18-12(9-22)6-7-29-18/h2-8H,10H2,1H3,(H,23,26). The van der Waals surface area contributed by atoms with Gasteiger partial charge in [0, 0.05) is 10.4 Å². The zero-order valence-corrected chi connectivity index (χ0v) is 17.9. The number of benzene rings is 1. The van der Waals surface area contributed by atoms with Crippen LogP contribution in [0.4, 0.5) is 5.00 Å². The number of nitriles is 1. The molecule has 0 saturated heterocycles. The highest BCUT2D eigenvalue weighted by atomic mass is 35.5. The second kappa shape index (κ2) is 8.28. The molecule has 3 aromatic heterocycles. The summed E-state index contributed by atoms with van der Waals surface area (Å²) in [5, 5.41) is 19.7. The van der Waals surface area contributed by atoms with E-state index in [4.69, 9.17) is 21.6 Å². The molecule has 30 heavy (non-hydrogen) atoms. The van der Waals surface area contributed by atoms with Gasteiger partial charge in [0.1, 0.15) is 20.8 Å². The van der Waals surface area contributed by atoms with Crippen LogP contribution in [-0.2, 0) is 9.53 Å². The largest absolute Gasteiger partial charge is 0.451 e. The number of carbonyl (C=O) groups is 2. The summed E-state index contributed by atoms with van der Waals surface area (Å²) >= 11 is 8.42. The fourth-order valence-electron chi connectivity index (χ4n) is 2.76. The fourth-order valence-corrected chi connectivity index (χ4v) is 4.72. The Hall–Kier alpha value is -3.19. The van der Waals surface area contributed by atoms with Crippen molar-refractivity contribution in [2.45, 2.75) is 6.92 Å². The first-order chi connectivity index (χ1) is 14.5. The quantitative estimate of drug-likeness (QED) is 0.436. The van der Waals surface area contributed by atoms with E-state index in [9.17, 15) is 9.59 Å². The molecule has 0 bridgehead atoms. The Kier molecular flexibility index (Phi) is 5.55. The van der Waals surface area contributed by atoms with Gasteiger partial charge in [-0.05, 0) is 48.7 Å². The average Bonchev–Trinajstić information content (AvgIpc) is 3.43. The van der Waals surface area contributed by atoms with Gasteiger partial charge in [-0.2, -0.15) is 10.4 Å². The summed E-state index contributed by atoms with van der Waals surface area (Å²) in [6.07, 6.45) is 0. The third-order valence-electron chi connectivity index (χ3n) is 4.19. The van der Waals surface area contributed by atoms with E-state index in [2.05, 4.69) is 10.4 Å². The average molecular weight is 457 g/mol. The van der Waals surface area contributed by atoms with E-state index < -0.39 is 18.5 Å². The van der Waals surface area contributed by atoms with Crippen LogP contribution in [0, 0.1) is 18.3 Å². The van der Waals surface area contributed by atoms with Gasteiger partial charge in [0.15, 0.2) is 6.61 Å². The normalized spacial score (nSPS) is 10.7. The summed E-state index contributed by atoms with van der Waals surface area (Å²) in [5.74, 6) is -1.10. The number of aryl methyl sites for hydroxylation is 1. The Morgan fingerprint density at radius 1 is 1.30 bits per heavy atom. The molecule has 7 nitrogen and oxygen atoms in total. The number of anilines is 1. The number of esters is 1. The minimum Gasteiger partial charge on any atom is -0.451 e. The molecular weight excluding hydrogens is 444 g/mol. The van der Waals surface area contributed by atoms with Crippen LogP contribution in [0.5, 0.6) is 0 Å². The lowest BCUT2D eigenvalue weighted by Crippen LogP contribution is -2.20. The van der Waals surface area contributed by atoms with Crippen LogP contribution >= 0.6 is 34.3 Å². The van der Waals surface area contributed by atoms with Crippen LogP contribution in [0.25, 0.3) is 15.9 Å². The molecule has 1 amide bonds. The number of halogens is 1. The zero-order chi connectivity index (χ0) is 21.3. The van der Waals surface area contributed by atoms with E-state index in [1.807, 2.05) is 25.1 Å². The number of nitrogens with one attached hydrogen (secondary N) is 1. The van der Waals surface area contributed by atoms with Crippen LogP contribution in [0.1, 0.15) is 20.9 Å². The van der Waals surface area contributed by atoms with E-state index in [1.54, 1.807) is 34.3 Å². The Bertz CT molecular complexity index is 1300. The number of amides is 1. The number of fused-ring (bicyclic) bond motifs is 1. The van der Waals surface area contributed by atoms with Gasteiger partial charge < -0.3 is 10.1 Å². The first-order valence-electron chi connectivity index (χ1n) is 8.66. The molecule has 10 heteroatoms. The van der Waals surface area contributed by atoms with Gasteiger partial charge in [-0.15, -0.1) is 22.7 Å². The molecular formula is C20H13ClN4O3S2. The maximum absolute atomic E-state index is 12.5. The van der Waals surface area contributed by atoms with Gasteiger partial charge in [0.05, 0.1) is 16.9 Å². The molecule has 0 fully saturated rings. The molecule has 0 saturated carbocycles. The van der Waals surface area contributed by atoms with Crippen LogP contribution in [0.15, 0.2) is 41.8 Å². The first kappa shape index (κ1) is 20.1. The second-order valence-corrected chi connectivity index (χ2v) is 8.59. The lowest BCUT2D eigenvalue weighted by molar-refractivity contribution is -0.119. The molecule has 3 heterocycles. The predicted molar refractivity (Wildman–Crippen MR) is 117 cm³/mol. The summed E-state index contributed by atoms with van der Waals surface area (Å²) in [7, 11) is 0. The molecule has 0 spiro atoms. The van der Waals surface area contributed by atoms with Crippen molar-refractivity contribution in [3.8, 4) is 11.8 Å². The van der Waals surface area contributed by atoms with Crippen LogP contribution in [0.3, 0.4) is 0 Å². The fraction of sp³-hybridized carbons (Fsp3) is 0.100. The van der Waals surface area contributed by atoms with E-state index in [0.29, 0.717) is 20.5 Å². The Morgan fingerprint density at radius 3 is 2.80 bits per heavy atom. The molecule has 0 aliphatic rings. The monoisotopic (exact) mass is 456 g/mol. The number of carbonyl (C=O) groups excluding carboxylic acids is 2. The minimum atomic E-state index is -0.597. The topological polar surface area (TPSA) is 97.0 Å². The minimum absolute atomic E-state index is 0.367. The lowest BCUT2D eigenvalue weighted by atomic mass is 10.3. The number of aromatic nitrogens is 2. The van der Waals surface area contributed by atoms with Gasteiger partial charge in [-0.3, -0.25) is 4.79 Å². The van der Waals surface area contributed by atoms with Gasteiger partial charge >= 0.3 is 5.97 Å². The van der Waals surface area contributed by atoms with Crippen LogP contribution in [-0.4, -0.2) is 28.3 Å². The SMILES string of the molecule is Cc1nn(-c2ccc(Cl)cc2)c2sc(C(=O)OCC(=O)Nc3sccc3C#N)cc12. The molecule has 1 aromatic carbocycles. The van der Waals surface area contributed by atoms with E-state index in [-0.39, 0.29) is 0 Å². The summed E-state index contributed by atoms with van der Waals surface area (Å²) in [6, 6.07) is 12.5. The van der Waals surface area contributed by atoms with Crippen molar-refractivity contribution in [1.29, 1.82) is 5.26 Å². The molecule has 1 N–H and O–H groups in total. The molecule has 0 aliphatic carbocycles. The molecule has 0 radical (unpaired) electrons. The van der Waals surface area contributed by atoms with Crippen molar-refractivity contribution in [3.05, 3.63) is 62.9 Å². The summed E-state index contributed by atoms with van der Waals surface area (Å²) in [5.41, 5.74) is 1.96. The Labute approximate surface area is 184 Å². The number of hydrogen-bond acceptors (Lipinski definition) is 7. The molecule has 4 aromatic rings. The van der Waals surface area contributed by atoms with Crippen LogP contribution < -0.4 is 5.32 Å². The number of nitrogens with zero attached hydrogens (tertiary/aromatic N) is 3. The van der Waals surface area contributed by atoms with Crippen molar-refractivity contribution < 1.29 is 14.3 Å². The van der Waals surface area contributed by atoms with E-state index in [0.717, 1.165) is 21.6 Å². The van der Waals surface area contributed by atoms with E-state index in [1.165, 1.54) is 22.7 Å². The lowest BCUT2D eigenvalue weighted by Gasteiger charge is -2.04. The molecule has 0 unspecified atom stereocenters. The molecule has 4 rings (SSSR count). The third kappa shape index (κ3) is 3.93. The highest BCUT2D eigenvalue weighted by Gasteiger charge is 2.19. The summed E-state index contributed by atoms with van der Waals surface area (Å²) < 4.78 is 6.89. The number of rotatable bonds is 5. The van der Waals surface area contributed by atoms with Crippen LogP contribution in [0.2, 0.25) is 5.02 Å². The predicted octanol–water partition coefficient (Wildman–Crippen LogP) is 4.78. The molecule has 0 atom stereocenters. The van der Waals surface area contributed by atoms with Crippen molar-refractivity contribution >= 4 is 61.4 Å². The van der Waals surface area contributed by atoms with Crippen molar-refractivity contribution in [2.75, 3.05) is 11.9 Å². The first-order valence-corrected chi connectivity index (χ1v) is 10.7. The number of hydrogen-bond donors (Lipinski definition) is 1. The summed E-state index contributed by atoms with van der Waals surface area (Å²) in [6.45, 7) is 1.41. The van der Waals surface area contributed by atoms with E-state index >= 15 is 0 Å². The van der Waals surface area contributed by atoms with Gasteiger partial charge in [-0.25, -0.2) is 9.48 Å². The maximum atomic E-state index is 12.5. The van der Waals surface area contributed by atoms with Gasteiger partial charge in [0.2, 0.25) is 0 Å². The third-order valence-corrected chi connectivity index (χ3v) is 6.36. The van der Waals surface area contributed by atoms with Crippen molar-refractivity contribution in [2.24, 2.45) is 0 Å². The van der Waals surface area contributed by atoms with Crippen molar-refractivity contribution in [3.63, 3.8) is 0 Å². The molecule has 0 aliphatic heterocycles. The van der Waals surface area contributed by atoms with Gasteiger partial charge in [-0.1, -0.05) is 11.6 Å². The zero-order valence-electron chi connectivity index (χ0n) is 15.5. The maximum Gasteiger partial charge on any atom is 0.348 e. The van der Waals surface area contributed by atoms with Crippen molar-refractivity contribution in [1.82, 2.24) is 9.78 Å². The Balaban J connectivity index is 1.49. The highest BCUT2D eigenvalue weighted by Crippen LogP contribution is 2.31. The number of thiophene rings is 2. The van der Waals surface area contributed by atoms with Gasteiger partial charge in [0.25, 0.3) is 5.91 Å².